The number of hydrogen-bond acceptors (Lipinski definition) is 4. The highest BCUT2D eigenvalue weighted by molar-refractivity contribution is 4.75. The van der Waals surface area contributed by atoms with E-state index in [0.717, 1.165) is 45.9 Å². The summed E-state index contributed by atoms with van der Waals surface area (Å²) in [5.41, 5.74) is 5.93. The number of hydrogen-bond donors (Lipinski definition) is 1. The molecule has 0 spiro atoms. The predicted octanol–water partition coefficient (Wildman–Crippen LogP) is 0.605. The zero-order valence-corrected chi connectivity index (χ0v) is 10.1. The zero-order valence-electron chi connectivity index (χ0n) is 10.1. The van der Waals surface area contributed by atoms with E-state index in [1.807, 2.05) is 0 Å². The fraction of sp³-hybridized carbons (Fsp3) is 1.00. The molecular weight excluding hydrogens is 204 g/mol. The smallest absolute Gasteiger partial charge is 0.0597 e. The van der Waals surface area contributed by atoms with Gasteiger partial charge in [-0.15, -0.1) is 0 Å². The molecule has 1 saturated carbocycles. The summed E-state index contributed by atoms with van der Waals surface area (Å²) >= 11 is 0. The Balaban J connectivity index is 1.56. The third-order valence-corrected chi connectivity index (χ3v) is 3.53. The molecule has 2 fully saturated rings. The molecule has 0 amide bonds. The molecule has 1 aliphatic heterocycles. The van der Waals surface area contributed by atoms with Crippen LogP contribution in [-0.4, -0.2) is 56.5 Å². The SMILES string of the molecule is NC1CCCC(OCCN2CCOCC2)C1. The summed E-state index contributed by atoms with van der Waals surface area (Å²) in [4.78, 5) is 2.41. The van der Waals surface area contributed by atoms with Crippen LogP contribution >= 0.6 is 0 Å². The Bertz CT molecular complexity index is 195. The Morgan fingerprint density at radius 1 is 1.25 bits per heavy atom. The average molecular weight is 228 g/mol. The Morgan fingerprint density at radius 3 is 2.81 bits per heavy atom. The predicted molar refractivity (Wildman–Crippen MR) is 63.4 cm³/mol. The fourth-order valence-electron chi connectivity index (χ4n) is 2.51. The maximum Gasteiger partial charge on any atom is 0.0597 e. The van der Waals surface area contributed by atoms with Gasteiger partial charge >= 0.3 is 0 Å². The van der Waals surface area contributed by atoms with Gasteiger partial charge in [-0.3, -0.25) is 4.90 Å². The molecule has 2 unspecified atom stereocenters. The largest absolute Gasteiger partial charge is 0.379 e. The molecule has 0 radical (unpaired) electrons. The van der Waals surface area contributed by atoms with Crippen molar-refractivity contribution in [2.24, 2.45) is 5.73 Å². The second kappa shape index (κ2) is 6.55. The molecule has 0 aromatic rings. The summed E-state index contributed by atoms with van der Waals surface area (Å²) in [6.07, 6.45) is 5.04. The Hall–Kier alpha value is -0.160. The second-order valence-corrected chi connectivity index (χ2v) is 4.87. The molecule has 0 bridgehead atoms. The summed E-state index contributed by atoms with van der Waals surface area (Å²) in [5.74, 6) is 0. The number of ether oxygens (including phenoxy) is 2. The molecule has 1 saturated heterocycles. The van der Waals surface area contributed by atoms with Crippen molar-refractivity contribution in [3.63, 3.8) is 0 Å². The van der Waals surface area contributed by atoms with Crippen molar-refractivity contribution in [2.75, 3.05) is 39.5 Å². The van der Waals surface area contributed by atoms with Crippen LogP contribution in [-0.2, 0) is 9.47 Å². The van der Waals surface area contributed by atoms with Gasteiger partial charge in [0.2, 0.25) is 0 Å². The lowest BCUT2D eigenvalue weighted by atomic mass is 9.94. The quantitative estimate of drug-likeness (QED) is 0.765. The van der Waals surface area contributed by atoms with E-state index in [2.05, 4.69) is 4.90 Å². The summed E-state index contributed by atoms with van der Waals surface area (Å²) in [5, 5.41) is 0. The van der Waals surface area contributed by atoms with Crippen LogP contribution in [0.25, 0.3) is 0 Å². The highest BCUT2D eigenvalue weighted by atomic mass is 16.5. The van der Waals surface area contributed by atoms with Gasteiger partial charge < -0.3 is 15.2 Å². The van der Waals surface area contributed by atoms with Crippen molar-refractivity contribution in [1.29, 1.82) is 0 Å². The molecule has 0 aromatic heterocycles. The van der Waals surface area contributed by atoms with Gasteiger partial charge in [-0.25, -0.2) is 0 Å². The molecule has 4 heteroatoms. The van der Waals surface area contributed by atoms with E-state index >= 15 is 0 Å². The lowest BCUT2D eigenvalue weighted by Crippen LogP contribution is -2.39. The van der Waals surface area contributed by atoms with Gasteiger partial charge in [-0.2, -0.15) is 0 Å². The average Bonchev–Trinajstić information content (AvgIpc) is 2.30. The zero-order chi connectivity index (χ0) is 11.2. The Morgan fingerprint density at radius 2 is 2.06 bits per heavy atom. The summed E-state index contributed by atoms with van der Waals surface area (Å²) in [7, 11) is 0. The standard InChI is InChI=1S/C12H24N2O2/c13-11-2-1-3-12(10-11)16-9-6-14-4-7-15-8-5-14/h11-12H,1-10,13H2. The van der Waals surface area contributed by atoms with Crippen LogP contribution in [0.2, 0.25) is 0 Å². The van der Waals surface area contributed by atoms with E-state index < -0.39 is 0 Å². The topological polar surface area (TPSA) is 47.7 Å². The molecule has 2 aliphatic rings. The second-order valence-electron chi connectivity index (χ2n) is 4.87. The van der Waals surface area contributed by atoms with E-state index in [1.165, 1.54) is 19.3 Å². The first kappa shape index (κ1) is 12.3. The minimum Gasteiger partial charge on any atom is -0.379 e. The van der Waals surface area contributed by atoms with Crippen LogP contribution in [0, 0.1) is 0 Å². The summed E-state index contributed by atoms with van der Waals surface area (Å²) in [6, 6.07) is 0.363. The molecular formula is C12H24N2O2. The first-order valence-electron chi connectivity index (χ1n) is 6.52. The van der Waals surface area contributed by atoms with Gasteiger partial charge in [0.15, 0.2) is 0 Å². The Labute approximate surface area is 98.1 Å². The van der Waals surface area contributed by atoms with Crippen molar-refractivity contribution < 1.29 is 9.47 Å². The van der Waals surface area contributed by atoms with E-state index in [4.69, 9.17) is 15.2 Å². The van der Waals surface area contributed by atoms with Crippen LogP contribution < -0.4 is 5.73 Å². The van der Waals surface area contributed by atoms with E-state index in [1.54, 1.807) is 0 Å². The highest BCUT2D eigenvalue weighted by Gasteiger charge is 2.19. The third kappa shape index (κ3) is 4.01. The van der Waals surface area contributed by atoms with Crippen LogP contribution in [0.15, 0.2) is 0 Å². The molecule has 16 heavy (non-hydrogen) atoms. The lowest BCUT2D eigenvalue weighted by Gasteiger charge is -2.29. The first-order chi connectivity index (χ1) is 7.84. The van der Waals surface area contributed by atoms with Gasteiger partial charge in [-0.05, 0) is 25.7 Å². The number of nitrogens with zero attached hydrogens (tertiary/aromatic N) is 1. The van der Waals surface area contributed by atoms with Gasteiger partial charge in [-0.1, -0.05) is 0 Å². The minimum absolute atomic E-state index is 0.363. The van der Waals surface area contributed by atoms with Gasteiger partial charge in [0, 0.05) is 25.7 Å². The molecule has 1 heterocycles. The fourth-order valence-corrected chi connectivity index (χ4v) is 2.51. The highest BCUT2D eigenvalue weighted by Crippen LogP contribution is 2.19. The normalized spacial score (nSPS) is 32.8. The van der Waals surface area contributed by atoms with Crippen LogP contribution in [0.1, 0.15) is 25.7 Å². The van der Waals surface area contributed by atoms with Crippen LogP contribution in [0.4, 0.5) is 0 Å². The van der Waals surface area contributed by atoms with Crippen molar-refractivity contribution in [2.45, 2.75) is 37.8 Å². The third-order valence-electron chi connectivity index (χ3n) is 3.53. The number of rotatable bonds is 4. The van der Waals surface area contributed by atoms with Gasteiger partial charge in [0.1, 0.15) is 0 Å². The Kier molecular flexibility index (Phi) is 5.03. The van der Waals surface area contributed by atoms with Crippen molar-refractivity contribution in [3.8, 4) is 0 Å². The minimum atomic E-state index is 0.363. The molecule has 94 valence electrons. The maximum atomic E-state index is 5.93. The summed E-state index contributed by atoms with van der Waals surface area (Å²) in [6.45, 7) is 5.72. The van der Waals surface area contributed by atoms with Crippen LogP contribution in [0.5, 0.6) is 0 Å². The monoisotopic (exact) mass is 228 g/mol. The summed E-state index contributed by atoms with van der Waals surface area (Å²) < 4.78 is 11.2. The molecule has 1 aliphatic carbocycles. The van der Waals surface area contributed by atoms with E-state index in [0.29, 0.717) is 12.1 Å². The molecule has 4 nitrogen and oxygen atoms in total. The molecule has 2 N–H and O–H groups in total. The van der Waals surface area contributed by atoms with Crippen molar-refractivity contribution >= 4 is 0 Å². The van der Waals surface area contributed by atoms with Gasteiger partial charge in [0.05, 0.1) is 25.9 Å². The van der Waals surface area contributed by atoms with Crippen molar-refractivity contribution in [3.05, 3.63) is 0 Å². The van der Waals surface area contributed by atoms with E-state index in [9.17, 15) is 0 Å². The first-order valence-corrected chi connectivity index (χ1v) is 6.52. The maximum absolute atomic E-state index is 5.93. The molecule has 0 aromatic carbocycles. The van der Waals surface area contributed by atoms with Crippen LogP contribution in [0.3, 0.4) is 0 Å². The van der Waals surface area contributed by atoms with Gasteiger partial charge in [0.25, 0.3) is 0 Å². The number of morpholine rings is 1. The molecule has 2 rings (SSSR count). The lowest BCUT2D eigenvalue weighted by molar-refractivity contribution is -0.0105. The van der Waals surface area contributed by atoms with E-state index in [-0.39, 0.29) is 0 Å². The number of nitrogens with two attached hydrogens (primary N) is 1. The van der Waals surface area contributed by atoms with Crippen molar-refractivity contribution in [1.82, 2.24) is 4.90 Å². The molecule has 2 atom stereocenters.